The van der Waals surface area contributed by atoms with Crippen LogP contribution in [0.5, 0.6) is 0 Å². The maximum absolute atomic E-state index is 13.0. The van der Waals surface area contributed by atoms with Gasteiger partial charge in [-0.3, -0.25) is 0 Å². The van der Waals surface area contributed by atoms with Crippen LogP contribution in [0.1, 0.15) is 49.7 Å². The molecule has 0 spiro atoms. The van der Waals surface area contributed by atoms with E-state index in [4.69, 9.17) is 16.0 Å². The topological polar surface area (TPSA) is 50.5 Å². The smallest absolute Gasteiger partial charge is 0.247 e. The van der Waals surface area contributed by atoms with Gasteiger partial charge in [0.2, 0.25) is 10.0 Å². The molecule has 1 aromatic heterocycles. The van der Waals surface area contributed by atoms with E-state index in [2.05, 4.69) is 0 Å². The van der Waals surface area contributed by atoms with Crippen LogP contribution in [0.4, 0.5) is 0 Å². The van der Waals surface area contributed by atoms with E-state index in [-0.39, 0.29) is 16.8 Å². The van der Waals surface area contributed by atoms with Gasteiger partial charge in [0.05, 0.1) is 5.88 Å². The molecule has 0 aromatic carbocycles. The standard InChI is InChI=1S/C14H22ClNO3S/c1-10-7-5-4-6-8-16(10)20(17,18)14-12(3)19-11(2)13(14)9-15/h10H,4-9H2,1-3H3. The monoisotopic (exact) mass is 319 g/mol. The minimum atomic E-state index is -3.53. The Balaban J connectivity index is 2.49. The third kappa shape index (κ3) is 2.76. The Hall–Kier alpha value is -0.520. The zero-order valence-corrected chi connectivity index (χ0v) is 13.9. The summed E-state index contributed by atoms with van der Waals surface area (Å²) in [5, 5.41) is 0. The van der Waals surface area contributed by atoms with Gasteiger partial charge in [-0.25, -0.2) is 8.42 Å². The third-order valence-corrected chi connectivity index (χ3v) is 6.49. The van der Waals surface area contributed by atoms with Crippen LogP contribution in [0.2, 0.25) is 0 Å². The normalized spacial score (nSPS) is 21.9. The highest BCUT2D eigenvalue weighted by Crippen LogP contribution is 2.32. The van der Waals surface area contributed by atoms with Gasteiger partial charge in [0.1, 0.15) is 16.4 Å². The van der Waals surface area contributed by atoms with Crippen molar-refractivity contribution in [2.24, 2.45) is 0 Å². The second kappa shape index (κ2) is 6.08. The van der Waals surface area contributed by atoms with Gasteiger partial charge in [-0.05, 0) is 33.6 Å². The largest absolute Gasteiger partial charge is 0.465 e. The fraction of sp³-hybridized carbons (Fsp3) is 0.714. The summed E-state index contributed by atoms with van der Waals surface area (Å²) in [4.78, 5) is 0.277. The van der Waals surface area contributed by atoms with E-state index in [1.165, 1.54) is 0 Å². The Morgan fingerprint density at radius 1 is 1.25 bits per heavy atom. The molecule has 1 saturated heterocycles. The molecule has 2 heterocycles. The number of hydrogen-bond acceptors (Lipinski definition) is 3. The third-order valence-electron chi connectivity index (χ3n) is 4.02. The van der Waals surface area contributed by atoms with Gasteiger partial charge in [0, 0.05) is 18.2 Å². The van der Waals surface area contributed by atoms with Gasteiger partial charge in [0.25, 0.3) is 0 Å². The lowest BCUT2D eigenvalue weighted by molar-refractivity contribution is 0.341. The summed E-state index contributed by atoms with van der Waals surface area (Å²) in [7, 11) is -3.53. The van der Waals surface area contributed by atoms with Crippen molar-refractivity contribution in [3.05, 3.63) is 17.1 Å². The minimum Gasteiger partial charge on any atom is -0.465 e. The molecule has 0 radical (unpaired) electrons. The Labute approximate surface area is 126 Å². The van der Waals surface area contributed by atoms with Crippen molar-refractivity contribution in [1.82, 2.24) is 4.31 Å². The molecule has 0 bridgehead atoms. The molecule has 6 heteroatoms. The van der Waals surface area contributed by atoms with Gasteiger partial charge >= 0.3 is 0 Å². The van der Waals surface area contributed by atoms with E-state index in [9.17, 15) is 8.42 Å². The molecule has 1 unspecified atom stereocenters. The van der Waals surface area contributed by atoms with E-state index in [1.54, 1.807) is 18.2 Å². The number of furan rings is 1. The molecule has 1 fully saturated rings. The Bertz CT molecular complexity index is 579. The van der Waals surface area contributed by atoms with E-state index in [1.807, 2.05) is 6.92 Å². The van der Waals surface area contributed by atoms with E-state index in [0.717, 1.165) is 25.7 Å². The lowest BCUT2D eigenvalue weighted by Gasteiger charge is -2.26. The fourth-order valence-corrected chi connectivity index (χ4v) is 5.44. The van der Waals surface area contributed by atoms with Crippen molar-refractivity contribution in [2.45, 2.75) is 63.3 Å². The van der Waals surface area contributed by atoms with Gasteiger partial charge in [-0.1, -0.05) is 12.8 Å². The molecule has 1 atom stereocenters. The quantitative estimate of drug-likeness (QED) is 0.800. The van der Waals surface area contributed by atoms with Crippen molar-refractivity contribution < 1.29 is 12.8 Å². The van der Waals surface area contributed by atoms with Crippen molar-refractivity contribution in [1.29, 1.82) is 0 Å². The molecular formula is C14H22ClNO3S. The number of hydrogen-bond donors (Lipinski definition) is 0. The summed E-state index contributed by atoms with van der Waals surface area (Å²) in [6.07, 6.45) is 3.99. The molecule has 0 N–H and O–H groups in total. The van der Waals surface area contributed by atoms with Crippen LogP contribution < -0.4 is 0 Å². The first-order chi connectivity index (χ1) is 9.39. The van der Waals surface area contributed by atoms with Crippen LogP contribution in [-0.2, 0) is 15.9 Å². The average molecular weight is 320 g/mol. The minimum absolute atomic E-state index is 0.0280. The van der Waals surface area contributed by atoms with E-state index in [0.29, 0.717) is 23.6 Å². The number of aryl methyl sites for hydroxylation is 2. The Kier molecular flexibility index (Phi) is 4.82. The van der Waals surface area contributed by atoms with Gasteiger partial charge in [-0.15, -0.1) is 11.6 Å². The van der Waals surface area contributed by atoms with Crippen molar-refractivity contribution in [3.8, 4) is 0 Å². The molecule has 4 nitrogen and oxygen atoms in total. The zero-order chi connectivity index (χ0) is 14.9. The first-order valence-corrected chi connectivity index (χ1v) is 9.03. The summed E-state index contributed by atoms with van der Waals surface area (Å²) in [6, 6.07) is 0.0280. The summed E-state index contributed by atoms with van der Waals surface area (Å²) in [5.41, 5.74) is 0.598. The number of nitrogens with zero attached hydrogens (tertiary/aromatic N) is 1. The molecule has 1 aliphatic rings. The van der Waals surface area contributed by atoms with E-state index >= 15 is 0 Å². The molecule has 114 valence electrons. The highest BCUT2D eigenvalue weighted by Gasteiger charge is 2.35. The number of alkyl halides is 1. The first kappa shape index (κ1) is 15.9. The maximum atomic E-state index is 13.0. The van der Waals surface area contributed by atoms with Crippen LogP contribution in [0.25, 0.3) is 0 Å². The van der Waals surface area contributed by atoms with E-state index < -0.39 is 10.0 Å². The molecule has 20 heavy (non-hydrogen) atoms. The maximum Gasteiger partial charge on any atom is 0.247 e. The number of rotatable bonds is 3. The van der Waals surface area contributed by atoms with Crippen LogP contribution in [0.3, 0.4) is 0 Å². The van der Waals surface area contributed by atoms with Crippen molar-refractivity contribution in [2.75, 3.05) is 6.54 Å². The zero-order valence-electron chi connectivity index (χ0n) is 12.3. The second-order valence-corrected chi connectivity index (χ2v) is 7.56. The van der Waals surface area contributed by atoms with Gasteiger partial charge in [-0.2, -0.15) is 4.31 Å². The summed E-state index contributed by atoms with van der Waals surface area (Å²) in [6.45, 7) is 6.01. The predicted molar refractivity (Wildman–Crippen MR) is 79.6 cm³/mol. The fourth-order valence-electron chi connectivity index (χ4n) is 2.92. The van der Waals surface area contributed by atoms with Crippen molar-refractivity contribution in [3.63, 3.8) is 0 Å². The number of halogens is 1. The van der Waals surface area contributed by atoms with Crippen LogP contribution in [0.15, 0.2) is 9.31 Å². The highest BCUT2D eigenvalue weighted by atomic mass is 35.5. The summed E-state index contributed by atoms with van der Waals surface area (Å²) >= 11 is 5.92. The lowest BCUT2D eigenvalue weighted by atomic mass is 10.1. The highest BCUT2D eigenvalue weighted by molar-refractivity contribution is 7.89. The molecule has 2 rings (SSSR count). The molecule has 0 aliphatic carbocycles. The van der Waals surface area contributed by atoms with Crippen LogP contribution in [-0.4, -0.2) is 25.3 Å². The first-order valence-electron chi connectivity index (χ1n) is 7.06. The molecule has 1 aliphatic heterocycles. The second-order valence-electron chi connectivity index (χ2n) is 5.47. The number of sulfonamides is 1. The molecule has 0 saturated carbocycles. The SMILES string of the molecule is Cc1oc(C)c(S(=O)(=O)N2CCCCCC2C)c1CCl. The molecule has 0 amide bonds. The lowest BCUT2D eigenvalue weighted by Crippen LogP contribution is -2.38. The van der Waals surface area contributed by atoms with Gasteiger partial charge < -0.3 is 4.42 Å². The van der Waals surface area contributed by atoms with Crippen LogP contribution in [0, 0.1) is 13.8 Å². The summed E-state index contributed by atoms with van der Waals surface area (Å²) in [5.74, 6) is 1.19. The Morgan fingerprint density at radius 3 is 2.60 bits per heavy atom. The molecular weight excluding hydrogens is 298 g/mol. The Morgan fingerprint density at radius 2 is 1.95 bits per heavy atom. The molecule has 1 aromatic rings. The van der Waals surface area contributed by atoms with Gasteiger partial charge in [0.15, 0.2) is 0 Å². The van der Waals surface area contributed by atoms with Crippen molar-refractivity contribution >= 4 is 21.6 Å². The average Bonchev–Trinajstić information content (AvgIpc) is 2.54. The summed E-state index contributed by atoms with van der Waals surface area (Å²) < 4.78 is 33.1. The van der Waals surface area contributed by atoms with Crippen LogP contribution >= 0.6 is 11.6 Å². The predicted octanol–water partition coefficient (Wildman–Crippen LogP) is 3.59.